The second-order valence-electron chi connectivity index (χ2n) is 4.81. The van der Waals surface area contributed by atoms with Crippen molar-refractivity contribution in [2.75, 3.05) is 6.54 Å². The number of carbonyl (C=O) groups is 1. The molecule has 1 amide bonds. The summed E-state index contributed by atoms with van der Waals surface area (Å²) in [7, 11) is 0. The van der Waals surface area contributed by atoms with Gasteiger partial charge in [0.2, 0.25) is 0 Å². The lowest BCUT2D eigenvalue weighted by Gasteiger charge is -2.16. The van der Waals surface area contributed by atoms with E-state index in [-0.39, 0.29) is 24.1 Å². The second kappa shape index (κ2) is 5.89. The Kier molecular flexibility index (Phi) is 4.22. The van der Waals surface area contributed by atoms with E-state index in [0.717, 1.165) is 11.8 Å². The van der Waals surface area contributed by atoms with Gasteiger partial charge in [-0.3, -0.25) is 4.79 Å². The molecular formula is C15H19NO3. The van der Waals surface area contributed by atoms with Gasteiger partial charge in [0.1, 0.15) is 5.58 Å². The summed E-state index contributed by atoms with van der Waals surface area (Å²) < 4.78 is 5.46. The number of furan rings is 1. The Hall–Kier alpha value is -1.81. The predicted octanol–water partition coefficient (Wildman–Crippen LogP) is 2.57. The van der Waals surface area contributed by atoms with Gasteiger partial charge in [0.25, 0.3) is 5.91 Å². The molecule has 1 aromatic heterocycles. The Bertz CT molecular complexity index is 528. The maximum absolute atomic E-state index is 11.9. The topological polar surface area (TPSA) is 62.5 Å². The molecular weight excluding hydrogens is 242 g/mol. The van der Waals surface area contributed by atoms with Crippen LogP contribution in [-0.2, 0) is 0 Å². The van der Waals surface area contributed by atoms with E-state index in [9.17, 15) is 9.90 Å². The molecule has 2 rings (SSSR count). The molecule has 2 unspecified atom stereocenters. The third-order valence-corrected chi connectivity index (χ3v) is 3.42. The summed E-state index contributed by atoms with van der Waals surface area (Å²) in [4.78, 5) is 11.9. The SMILES string of the molecule is CCC(C)C(O)CNC(=O)c1cc2ccccc2o1. The van der Waals surface area contributed by atoms with Gasteiger partial charge in [0.15, 0.2) is 5.76 Å². The number of hydrogen-bond acceptors (Lipinski definition) is 3. The molecule has 0 aliphatic rings. The number of aliphatic hydroxyl groups excluding tert-OH is 1. The van der Waals surface area contributed by atoms with Gasteiger partial charge < -0.3 is 14.8 Å². The normalized spacial score (nSPS) is 14.3. The molecule has 2 atom stereocenters. The first-order valence-electron chi connectivity index (χ1n) is 6.56. The zero-order valence-electron chi connectivity index (χ0n) is 11.2. The number of benzene rings is 1. The van der Waals surface area contributed by atoms with Gasteiger partial charge >= 0.3 is 0 Å². The molecule has 2 N–H and O–H groups in total. The molecule has 0 fully saturated rings. The minimum Gasteiger partial charge on any atom is -0.451 e. The van der Waals surface area contributed by atoms with Gasteiger partial charge in [-0.2, -0.15) is 0 Å². The van der Waals surface area contributed by atoms with Crippen LogP contribution in [0.5, 0.6) is 0 Å². The van der Waals surface area contributed by atoms with E-state index < -0.39 is 6.10 Å². The Labute approximate surface area is 112 Å². The first-order valence-corrected chi connectivity index (χ1v) is 6.56. The van der Waals surface area contributed by atoms with Crippen molar-refractivity contribution in [3.8, 4) is 0 Å². The minimum absolute atomic E-state index is 0.163. The van der Waals surface area contributed by atoms with Gasteiger partial charge in [-0.1, -0.05) is 38.5 Å². The number of rotatable bonds is 5. The van der Waals surface area contributed by atoms with Crippen LogP contribution in [0.15, 0.2) is 34.7 Å². The average Bonchev–Trinajstić information content (AvgIpc) is 2.87. The van der Waals surface area contributed by atoms with Gasteiger partial charge in [0.05, 0.1) is 6.10 Å². The van der Waals surface area contributed by atoms with Gasteiger partial charge in [-0.25, -0.2) is 0 Å². The maximum atomic E-state index is 11.9. The number of amides is 1. The van der Waals surface area contributed by atoms with Crippen molar-refractivity contribution >= 4 is 16.9 Å². The Morgan fingerprint density at radius 1 is 1.42 bits per heavy atom. The average molecular weight is 261 g/mol. The summed E-state index contributed by atoms with van der Waals surface area (Å²) in [6, 6.07) is 9.18. The van der Waals surface area contributed by atoms with Crippen LogP contribution in [0, 0.1) is 5.92 Å². The van der Waals surface area contributed by atoms with Crippen LogP contribution >= 0.6 is 0 Å². The molecule has 4 heteroatoms. The molecule has 0 aliphatic carbocycles. The van der Waals surface area contributed by atoms with Gasteiger partial charge in [0, 0.05) is 11.9 Å². The van der Waals surface area contributed by atoms with Crippen molar-refractivity contribution in [3.63, 3.8) is 0 Å². The van der Waals surface area contributed by atoms with Crippen LogP contribution < -0.4 is 5.32 Å². The summed E-state index contributed by atoms with van der Waals surface area (Å²) in [6.45, 7) is 4.21. The summed E-state index contributed by atoms with van der Waals surface area (Å²) in [5.74, 6) is 0.145. The number of aliphatic hydroxyl groups is 1. The first-order chi connectivity index (χ1) is 9.11. The standard InChI is InChI=1S/C15H19NO3/c1-3-10(2)12(17)9-16-15(18)14-8-11-6-4-5-7-13(11)19-14/h4-8,10,12,17H,3,9H2,1-2H3,(H,16,18). The van der Waals surface area contributed by atoms with Crippen molar-refractivity contribution in [2.24, 2.45) is 5.92 Å². The molecule has 19 heavy (non-hydrogen) atoms. The highest BCUT2D eigenvalue weighted by Gasteiger charge is 2.16. The van der Waals surface area contributed by atoms with E-state index in [4.69, 9.17) is 4.42 Å². The lowest BCUT2D eigenvalue weighted by atomic mass is 10.0. The number of nitrogens with one attached hydrogen (secondary N) is 1. The van der Waals surface area contributed by atoms with Crippen molar-refractivity contribution in [3.05, 3.63) is 36.1 Å². The lowest BCUT2D eigenvalue weighted by molar-refractivity contribution is 0.0829. The minimum atomic E-state index is -0.529. The number of fused-ring (bicyclic) bond motifs is 1. The van der Waals surface area contributed by atoms with Crippen molar-refractivity contribution in [1.82, 2.24) is 5.32 Å². The van der Waals surface area contributed by atoms with Crippen LogP contribution in [-0.4, -0.2) is 23.7 Å². The summed E-state index contributed by atoms with van der Waals surface area (Å²) in [5.41, 5.74) is 0.690. The number of hydrogen-bond donors (Lipinski definition) is 2. The van der Waals surface area contributed by atoms with Gasteiger partial charge in [-0.15, -0.1) is 0 Å². The first kappa shape index (κ1) is 13.6. The van der Waals surface area contributed by atoms with Crippen molar-refractivity contribution < 1.29 is 14.3 Å². The zero-order chi connectivity index (χ0) is 13.8. The van der Waals surface area contributed by atoms with Gasteiger partial charge in [-0.05, 0) is 18.1 Å². The number of para-hydroxylation sites is 1. The maximum Gasteiger partial charge on any atom is 0.287 e. The predicted molar refractivity (Wildman–Crippen MR) is 74.0 cm³/mol. The smallest absolute Gasteiger partial charge is 0.287 e. The molecule has 0 saturated carbocycles. The fourth-order valence-electron chi connectivity index (χ4n) is 1.85. The highest BCUT2D eigenvalue weighted by molar-refractivity contribution is 5.96. The van der Waals surface area contributed by atoms with E-state index in [2.05, 4.69) is 5.32 Å². The Morgan fingerprint density at radius 2 is 2.16 bits per heavy atom. The monoisotopic (exact) mass is 261 g/mol. The van der Waals surface area contributed by atoms with Crippen molar-refractivity contribution in [2.45, 2.75) is 26.4 Å². The third kappa shape index (κ3) is 3.15. The zero-order valence-corrected chi connectivity index (χ0v) is 11.2. The fourth-order valence-corrected chi connectivity index (χ4v) is 1.85. The van der Waals surface area contributed by atoms with E-state index in [1.54, 1.807) is 6.07 Å². The van der Waals surface area contributed by atoms with Crippen LogP contribution in [0.4, 0.5) is 0 Å². The summed E-state index contributed by atoms with van der Waals surface area (Å²) in [6.07, 6.45) is 0.347. The largest absolute Gasteiger partial charge is 0.451 e. The molecule has 0 bridgehead atoms. The van der Waals surface area contributed by atoms with E-state index >= 15 is 0 Å². The molecule has 2 aromatic rings. The summed E-state index contributed by atoms with van der Waals surface area (Å²) in [5, 5.41) is 13.4. The molecule has 1 heterocycles. The molecule has 4 nitrogen and oxygen atoms in total. The fraction of sp³-hybridized carbons (Fsp3) is 0.400. The van der Waals surface area contributed by atoms with Crippen LogP contribution in [0.3, 0.4) is 0 Å². The highest BCUT2D eigenvalue weighted by Crippen LogP contribution is 2.18. The molecule has 0 spiro atoms. The Balaban J connectivity index is 2.00. The molecule has 0 saturated heterocycles. The molecule has 1 aromatic carbocycles. The summed E-state index contributed by atoms with van der Waals surface area (Å²) >= 11 is 0. The quantitative estimate of drug-likeness (QED) is 0.869. The van der Waals surface area contributed by atoms with E-state index in [1.165, 1.54) is 0 Å². The van der Waals surface area contributed by atoms with Crippen LogP contribution in [0.25, 0.3) is 11.0 Å². The highest BCUT2D eigenvalue weighted by atomic mass is 16.3. The second-order valence-corrected chi connectivity index (χ2v) is 4.81. The van der Waals surface area contributed by atoms with Crippen LogP contribution in [0.1, 0.15) is 30.8 Å². The third-order valence-electron chi connectivity index (χ3n) is 3.42. The molecule has 102 valence electrons. The Morgan fingerprint density at radius 3 is 2.84 bits per heavy atom. The lowest BCUT2D eigenvalue weighted by Crippen LogP contribution is -2.35. The van der Waals surface area contributed by atoms with Crippen molar-refractivity contribution in [1.29, 1.82) is 0 Å². The van der Waals surface area contributed by atoms with Crippen LogP contribution in [0.2, 0.25) is 0 Å². The van der Waals surface area contributed by atoms with E-state index in [0.29, 0.717) is 5.58 Å². The van der Waals surface area contributed by atoms with E-state index in [1.807, 2.05) is 38.1 Å². The molecule has 0 radical (unpaired) electrons. The molecule has 0 aliphatic heterocycles. The number of carbonyl (C=O) groups excluding carboxylic acids is 1.